The fourth-order valence-corrected chi connectivity index (χ4v) is 1.06. The summed E-state index contributed by atoms with van der Waals surface area (Å²) in [5.74, 6) is -0.952. The first-order valence-electron chi connectivity index (χ1n) is 4.26. The zero-order valence-electron chi connectivity index (χ0n) is 8.19. The van der Waals surface area contributed by atoms with E-state index in [1.807, 2.05) is 0 Å². The van der Waals surface area contributed by atoms with Gasteiger partial charge in [0.05, 0.1) is 11.3 Å². The number of hydrogen-bond donors (Lipinski definition) is 1. The molecule has 0 amide bonds. The molecular weight excluding hydrogens is 212 g/mol. The highest BCUT2D eigenvalue weighted by Crippen LogP contribution is 2.30. The van der Waals surface area contributed by atoms with Crippen molar-refractivity contribution >= 4 is 0 Å². The molecule has 1 aromatic rings. The molecule has 1 rings (SSSR count). The first kappa shape index (κ1) is 11.9. The van der Waals surface area contributed by atoms with Crippen molar-refractivity contribution < 1.29 is 17.6 Å². The number of nitrogens with zero attached hydrogens (tertiary/aromatic N) is 1. The second-order valence-electron chi connectivity index (χ2n) is 3.10. The molecule has 0 aliphatic rings. The molecule has 0 aliphatic heterocycles. The highest BCUT2D eigenvalue weighted by Gasteiger charge is 2.32. The van der Waals surface area contributed by atoms with E-state index < -0.39 is 23.6 Å². The van der Waals surface area contributed by atoms with Crippen molar-refractivity contribution in [3.05, 3.63) is 29.3 Å². The number of halogens is 4. The van der Waals surface area contributed by atoms with Gasteiger partial charge in [-0.25, -0.2) is 4.39 Å². The van der Waals surface area contributed by atoms with Crippen LogP contribution >= 0.6 is 0 Å². The molecule has 0 spiro atoms. The molecule has 0 saturated carbocycles. The molecule has 1 N–H and O–H groups in total. The topological polar surface area (TPSA) is 24.9 Å². The number of rotatable bonds is 2. The molecule has 0 fully saturated rings. The zero-order chi connectivity index (χ0) is 11.6. The SMILES string of the molecule is CN[C@H](C)c1ncc(C(F)(F)F)cc1F. The van der Waals surface area contributed by atoms with E-state index in [0.29, 0.717) is 12.3 Å². The molecular formula is C9H10F4N2. The standard InChI is InChI=1S/C9H10F4N2/c1-5(14-2)8-7(10)3-6(4-15-8)9(11,12)13/h3-5,14H,1-2H3/t5-/m1/s1. The predicted molar refractivity (Wildman–Crippen MR) is 46.7 cm³/mol. The molecule has 1 heterocycles. The van der Waals surface area contributed by atoms with E-state index in [-0.39, 0.29) is 5.69 Å². The van der Waals surface area contributed by atoms with E-state index in [1.165, 1.54) is 0 Å². The van der Waals surface area contributed by atoms with Crippen LogP contribution in [0.25, 0.3) is 0 Å². The molecule has 1 aromatic heterocycles. The minimum Gasteiger partial charge on any atom is -0.312 e. The maximum atomic E-state index is 13.2. The third-order valence-electron chi connectivity index (χ3n) is 2.04. The van der Waals surface area contributed by atoms with Gasteiger partial charge in [0.2, 0.25) is 0 Å². The first-order valence-corrected chi connectivity index (χ1v) is 4.26. The van der Waals surface area contributed by atoms with Gasteiger partial charge in [-0.1, -0.05) is 0 Å². The van der Waals surface area contributed by atoms with Gasteiger partial charge in [0.1, 0.15) is 5.82 Å². The van der Waals surface area contributed by atoms with Crippen molar-refractivity contribution in [1.29, 1.82) is 0 Å². The molecule has 2 nitrogen and oxygen atoms in total. The average Bonchev–Trinajstić information content (AvgIpc) is 2.15. The van der Waals surface area contributed by atoms with Crippen molar-refractivity contribution in [3.8, 4) is 0 Å². The predicted octanol–water partition coefficient (Wildman–Crippen LogP) is 2.52. The Morgan fingerprint density at radius 3 is 2.40 bits per heavy atom. The summed E-state index contributed by atoms with van der Waals surface area (Å²) in [4.78, 5) is 3.46. The van der Waals surface area contributed by atoms with Gasteiger partial charge in [0.15, 0.2) is 0 Å². The third-order valence-corrected chi connectivity index (χ3v) is 2.04. The van der Waals surface area contributed by atoms with Gasteiger partial charge < -0.3 is 5.32 Å². The zero-order valence-corrected chi connectivity index (χ0v) is 8.19. The number of pyridine rings is 1. The summed E-state index contributed by atoms with van der Waals surface area (Å²) in [6.45, 7) is 1.61. The number of alkyl halides is 3. The Morgan fingerprint density at radius 2 is 2.00 bits per heavy atom. The summed E-state index contributed by atoms with van der Waals surface area (Å²) in [5, 5.41) is 2.70. The largest absolute Gasteiger partial charge is 0.417 e. The molecule has 15 heavy (non-hydrogen) atoms. The normalized spacial score (nSPS) is 14.0. The van der Waals surface area contributed by atoms with Crippen molar-refractivity contribution in [2.24, 2.45) is 0 Å². The summed E-state index contributed by atoms with van der Waals surface area (Å²) in [6.07, 6.45) is -3.93. The van der Waals surface area contributed by atoms with Gasteiger partial charge in [0.25, 0.3) is 0 Å². The van der Waals surface area contributed by atoms with Crippen LogP contribution in [-0.2, 0) is 6.18 Å². The van der Waals surface area contributed by atoms with Crippen LogP contribution in [0.15, 0.2) is 12.3 Å². The van der Waals surface area contributed by atoms with Crippen LogP contribution in [0.1, 0.15) is 24.2 Å². The molecule has 0 saturated heterocycles. The van der Waals surface area contributed by atoms with Gasteiger partial charge >= 0.3 is 6.18 Å². The summed E-state index contributed by atoms with van der Waals surface area (Å²) in [6, 6.07) is 0.0307. The van der Waals surface area contributed by atoms with Crippen LogP contribution in [0.3, 0.4) is 0 Å². The smallest absolute Gasteiger partial charge is 0.312 e. The Labute approximate surface area is 84.3 Å². The van der Waals surface area contributed by atoms with Crippen LogP contribution in [0.2, 0.25) is 0 Å². The van der Waals surface area contributed by atoms with Crippen molar-refractivity contribution in [2.45, 2.75) is 19.1 Å². The maximum absolute atomic E-state index is 13.2. The van der Waals surface area contributed by atoms with Gasteiger partial charge in [-0.2, -0.15) is 13.2 Å². The lowest BCUT2D eigenvalue weighted by atomic mass is 10.1. The maximum Gasteiger partial charge on any atom is 0.417 e. The summed E-state index contributed by atoms with van der Waals surface area (Å²) in [7, 11) is 1.57. The van der Waals surface area contributed by atoms with Crippen molar-refractivity contribution in [1.82, 2.24) is 10.3 Å². The van der Waals surface area contributed by atoms with Crippen molar-refractivity contribution in [3.63, 3.8) is 0 Å². The summed E-state index contributed by atoms with van der Waals surface area (Å²) in [5.41, 5.74) is -1.10. The Morgan fingerprint density at radius 1 is 1.40 bits per heavy atom. The monoisotopic (exact) mass is 222 g/mol. The van der Waals surface area contributed by atoms with E-state index in [1.54, 1.807) is 14.0 Å². The lowest BCUT2D eigenvalue weighted by Crippen LogP contribution is -2.17. The van der Waals surface area contributed by atoms with Crippen molar-refractivity contribution in [2.75, 3.05) is 7.05 Å². The molecule has 84 valence electrons. The molecule has 6 heteroatoms. The van der Waals surface area contributed by atoms with E-state index in [9.17, 15) is 17.6 Å². The molecule has 0 bridgehead atoms. The van der Waals surface area contributed by atoms with E-state index in [0.717, 1.165) is 0 Å². The lowest BCUT2D eigenvalue weighted by molar-refractivity contribution is -0.138. The van der Waals surface area contributed by atoms with Crippen LogP contribution in [0.4, 0.5) is 17.6 Å². The number of hydrogen-bond acceptors (Lipinski definition) is 2. The lowest BCUT2D eigenvalue weighted by Gasteiger charge is -2.12. The summed E-state index contributed by atoms with van der Waals surface area (Å²) < 4.78 is 49.7. The van der Waals surface area contributed by atoms with E-state index >= 15 is 0 Å². The highest BCUT2D eigenvalue weighted by atomic mass is 19.4. The molecule has 0 aliphatic carbocycles. The Kier molecular flexibility index (Phi) is 3.28. The second kappa shape index (κ2) is 4.14. The molecule has 0 radical (unpaired) electrons. The molecule has 0 unspecified atom stereocenters. The molecule has 1 atom stereocenters. The Balaban J connectivity index is 3.09. The second-order valence-corrected chi connectivity index (χ2v) is 3.10. The number of nitrogens with one attached hydrogen (secondary N) is 1. The molecule has 0 aromatic carbocycles. The third kappa shape index (κ3) is 2.65. The van der Waals surface area contributed by atoms with Gasteiger partial charge in [-0.05, 0) is 20.0 Å². The summed E-state index contributed by atoms with van der Waals surface area (Å²) >= 11 is 0. The van der Waals surface area contributed by atoms with Crippen LogP contribution in [-0.4, -0.2) is 12.0 Å². The van der Waals surface area contributed by atoms with Crippen LogP contribution in [0.5, 0.6) is 0 Å². The Bertz CT molecular complexity index is 348. The van der Waals surface area contributed by atoms with Crippen LogP contribution in [0, 0.1) is 5.82 Å². The minimum atomic E-state index is -4.56. The fourth-order valence-electron chi connectivity index (χ4n) is 1.06. The Hall–Kier alpha value is -1.17. The van der Waals surface area contributed by atoms with E-state index in [4.69, 9.17) is 0 Å². The van der Waals surface area contributed by atoms with Crippen LogP contribution < -0.4 is 5.32 Å². The minimum absolute atomic E-state index is 0.0227. The van der Waals surface area contributed by atoms with Gasteiger partial charge in [0, 0.05) is 12.2 Å². The highest BCUT2D eigenvalue weighted by molar-refractivity contribution is 5.20. The van der Waals surface area contributed by atoms with Gasteiger partial charge in [-0.3, -0.25) is 4.98 Å². The quantitative estimate of drug-likeness (QED) is 0.778. The van der Waals surface area contributed by atoms with E-state index in [2.05, 4.69) is 10.3 Å². The first-order chi connectivity index (χ1) is 6.86. The van der Waals surface area contributed by atoms with Gasteiger partial charge in [-0.15, -0.1) is 0 Å². The average molecular weight is 222 g/mol. The number of aromatic nitrogens is 1. The fraction of sp³-hybridized carbons (Fsp3) is 0.444.